The zero-order chi connectivity index (χ0) is 8.48. The minimum absolute atomic E-state index is 0.218. The number of thioether (sulfide) groups is 1. The van der Waals surface area contributed by atoms with Crippen molar-refractivity contribution in [1.29, 1.82) is 0 Å². The van der Waals surface area contributed by atoms with Crippen molar-refractivity contribution >= 4 is 28.2 Å². The van der Waals surface area contributed by atoms with E-state index in [0.717, 1.165) is 4.34 Å². The maximum absolute atomic E-state index is 5.46. The molecular weight excluding hydrogens is 178 g/mol. The van der Waals surface area contributed by atoms with Gasteiger partial charge in [-0.25, -0.2) is 0 Å². The van der Waals surface area contributed by atoms with E-state index in [9.17, 15) is 0 Å². The molecule has 0 bridgehead atoms. The first kappa shape index (κ1) is 8.80. The molecule has 1 aromatic rings. The van der Waals surface area contributed by atoms with E-state index in [1.165, 1.54) is 11.3 Å². The molecule has 0 amide bonds. The van der Waals surface area contributed by atoms with Crippen LogP contribution >= 0.6 is 23.1 Å². The van der Waals surface area contributed by atoms with Crippen LogP contribution in [0.25, 0.3) is 0 Å². The fourth-order valence-electron chi connectivity index (χ4n) is 0.563. The lowest BCUT2D eigenvalue weighted by Crippen LogP contribution is -2.12. The molecule has 0 aliphatic carbocycles. The summed E-state index contributed by atoms with van der Waals surface area (Å²) in [4.78, 5) is 0. The van der Waals surface area contributed by atoms with Crippen LogP contribution in [0.3, 0.4) is 0 Å². The average Bonchev–Trinajstić information content (AvgIpc) is 2.10. The molecule has 0 unspecified atom stereocenters. The molecule has 0 radical (unpaired) electrons. The van der Waals surface area contributed by atoms with E-state index in [1.54, 1.807) is 11.8 Å². The molecule has 3 nitrogen and oxygen atoms in total. The van der Waals surface area contributed by atoms with E-state index in [4.69, 9.17) is 5.73 Å². The summed E-state index contributed by atoms with van der Waals surface area (Å²) < 4.78 is 1.28. The van der Waals surface area contributed by atoms with Gasteiger partial charge < -0.3 is 5.73 Å². The molecule has 0 aromatic carbocycles. The normalized spacial score (nSPS) is 11.9. The van der Waals surface area contributed by atoms with Gasteiger partial charge in [0.25, 0.3) is 5.13 Å². The molecule has 0 aliphatic heterocycles. The van der Waals surface area contributed by atoms with Crippen LogP contribution in [0.5, 0.6) is 0 Å². The van der Waals surface area contributed by atoms with Crippen molar-refractivity contribution < 1.29 is 5.10 Å². The third kappa shape index (κ3) is 3.07. The molecule has 1 aromatic heterocycles. The first-order chi connectivity index (χ1) is 4.97. The summed E-state index contributed by atoms with van der Waals surface area (Å²) in [6, 6.07) is 0. The number of nitrogens with zero attached hydrogens (tertiary/aromatic N) is 1. The Labute approximate surface area is 74.4 Å². The Morgan fingerprint density at radius 1 is 1.55 bits per heavy atom. The highest BCUT2D eigenvalue weighted by Gasteiger charge is 2.19. The van der Waals surface area contributed by atoms with E-state index in [1.807, 2.05) is 0 Å². The van der Waals surface area contributed by atoms with Gasteiger partial charge in [-0.05, 0) is 23.1 Å². The van der Waals surface area contributed by atoms with Gasteiger partial charge in [0.2, 0.25) is 0 Å². The van der Waals surface area contributed by atoms with Gasteiger partial charge in [-0.1, -0.05) is 25.9 Å². The predicted octanol–water partition coefficient (Wildman–Crippen LogP) is 1.43. The summed E-state index contributed by atoms with van der Waals surface area (Å²) in [5.74, 6) is 0. The first-order valence-corrected chi connectivity index (χ1v) is 4.94. The Morgan fingerprint density at radius 3 is 2.55 bits per heavy atom. The number of nitrogens with one attached hydrogen (secondary N) is 1. The maximum Gasteiger partial charge on any atom is 0.324 e. The lowest BCUT2D eigenvalue weighted by atomic mass is 10.3. The van der Waals surface area contributed by atoms with E-state index in [0.29, 0.717) is 5.13 Å². The van der Waals surface area contributed by atoms with Crippen LogP contribution in [0.4, 0.5) is 5.13 Å². The van der Waals surface area contributed by atoms with Gasteiger partial charge in [0, 0.05) is 9.85 Å². The highest BCUT2D eigenvalue weighted by atomic mass is 32.2. The van der Waals surface area contributed by atoms with Crippen molar-refractivity contribution in [3.05, 3.63) is 0 Å². The summed E-state index contributed by atoms with van der Waals surface area (Å²) in [5.41, 5.74) is 5.46. The second-order valence-corrected chi connectivity index (χ2v) is 6.29. The summed E-state index contributed by atoms with van der Waals surface area (Å²) in [6.45, 7) is 6.46. The van der Waals surface area contributed by atoms with Gasteiger partial charge >= 0.3 is 4.34 Å². The highest BCUT2D eigenvalue weighted by Crippen LogP contribution is 2.32. The Kier molecular flexibility index (Phi) is 2.39. The molecular formula is C6H12N3S2+. The number of aromatic nitrogens is 2. The van der Waals surface area contributed by atoms with Crippen molar-refractivity contribution in [1.82, 2.24) is 5.10 Å². The fourth-order valence-corrected chi connectivity index (χ4v) is 2.76. The Bertz CT molecular complexity index is 238. The number of hydrogen-bond donors (Lipinski definition) is 1. The van der Waals surface area contributed by atoms with Gasteiger partial charge in [-0.15, -0.1) is 0 Å². The SMILES string of the molecule is CC(C)(C)Sc1[nH+]nc(N)s1. The number of nitrogens with two attached hydrogens (primary N) is 1. The van der Waals surface area contributed by atoms with Crippen molar-refractivity contribution in [2.24, 2.45) is 0 Å². The van der Waals surface area contributed by atoms with E-state index >= 15 is 0 Å². The number of aromatic amines is 1. The topological polar surface area (TPSA) is 53.0 Å². The second-order valence-electron chi connectivity index (χ2n) is 3.17. The predicted molar refractivity (Wildman–Crippen MR) is 48.7 cm³/mol. The monoisotopic (exact) mass is 190 g/mol. The number of nitrogen functional groups attached to an aromatic ring is 1. The third-order valence-electron chi connectivity index (χ3n) is 0.854. The van der Waals surface area contributed by atoms with Crippen LogP contribution < -0.4 is 10.8 Å². The van der Waals surface area contributed by atoms with Crippen molar-refractivity contribution in [2.45, 2.75) is 29.9 Å². The summed E-state index contributed by atoms with van der Waals surface area (Å²) in [5, 5.41) is 7.31. The lowest BCUT2D eigenvalue weighted by molar-refractivity contribution is -0.487. The zero-order valence-corrected chi connectivity index (χ0v) is 8.47. The van der Waals surface area contributed by atoms with Gasteiger partial charge in [-0.2, -0.15) is 0 Å². The summed E-state index contributed by atoms with van der Waals surface area (Å²) in [7, 11) is 0. The second kappa shape index (κ2) is 2.98. The van der Waals surface area contributed by atoms with E-state index in [2.05, 4.69) is 31.0 Å². The smallest absolute Gasteiger partial charge is 0.324 e. The molecule has 1 rings (SSSR count). The molecule has 11 heavy (non-hydrogen) atoms. The number of rotatable bonds is 1. The zero-order valence-electron chi connectivity index (χ0n) is 6.84. The van der Waals surface area contributed by atoms with Crippen molar-refractivity contribution in [2.75, 3.05) is 5.73 Å². The third-order valence-corrected chi connectivity index (χ3v) is 2.82. The minimum atomic E-state index is 0.218. The molecule has 0 spiro atoms. The lowest BCUT2D eigenvalue weighted by Gasteiger charge is -2.11. The Hall–Kier alpha value is -0.290. The minimum Gasteiger partial charge on any atom is -0.370 e. The molecule has 0 atom stereocenters. The first-order valence-electron chi connectivity index (χ1n) is 3.30. The molecule has 0 fully saturated rings. The van der Waals surface area contributed by atoms with Crippen LogP contribution in [-0.2, 0) is 0 Å². The van der Waals surface area contributed by atoms with Crippen LogP contribution in [0.15, 0.2) is 4.34 Å². The summed E-state index contributed by atoms with van der Waals surface area (Å²) in [6.07, 6.45) is 0. The standard InChI is InChI=1S/C6H11N3S2/c1-6(2,3)11-5-9-8-4(7)10-5/h1-3H3,(H2,7,8)/p+1. The summed E-state index contributed by atoms with van der Waals surface area (Å²) >= 11 is 3.23. The van der Waals surface area contributed by atoms with Crippen LogP contribution in [0.2, 0.25) is 0 Å². The Balaban J connectivity index is 2.65. The number of anilines is 1. The molecule has 0 saturated carbocycles. The van der Waals surface area contributed by atoms with Crippen LogP contribution in [0, 0.1) is 0 Å². The highest BCUT2D eigenvalue weighted by molar-refractivity contribution is 8.02. The molecule has 1 heterocycles. The van der Waals surface area contributed by atoms with Gasteiger partial charge in [-0.3, -0.25) is 0 Å². The van der Waals surface area contributed by atoms with Crippen molar-refractivity contribution in [3.8, 4) is 0 Å². The van der Waals surface area contributed by atoms with Crippen LogP contribution in [0.1, 0.15) is 20.8 Å². The molecule has 0 aliphatic rings. The quantitative estimate of drug-likeness (QED) is 0.682. The molecule has 0 saturated heterocycles. The molecule has 62 valence electrons. The molecule has 3 N–H and O–H groups in total. The van der Waals surface area contributed by atoms with E-state index in [-0.39, 0.29) is 4.75 Å². The van der Waals surface area contributed by atoms with Gasteiger partial charge in [0.1, 0.15) is 0 Å². The fraction of sp³-hybridized carbons (Fsp3) is 0.667. The van der Waals surface area contributed by atoms with Gasteiger partial charge in [0.05, 0.1) is 0 Å². The largest absolute Gasteiger partial charge is 0.370 e. The number of H-pyrrole nitrogens is 1. The van der Waals surface area contributed by atoms with Crippen molar-refractivity contribution in [3.63, 3.8) is 0 Å². The van der Waals surface area contributed by atoms with E-state index < -0.39 is 0 Å². The molecule has 5 heteroatoms. The Morgan fingerprint density at radius 2 is 2.18 bits per heavy atom. The maximum atomic E-state index is 5.46. The van der Waals surface area contributed by atoms with Gasteiger partial charge in [0.15, 0.2) is 0 Å². The van der Waals surface area contributed by atoms with Crippen LogP contribution in [-0.4, -0.2) is 9.85 Å². The number of hydrogen-bond acceptors (Lipinski definition) is 4. The average molecular weight is 190 g/mol.